The summed E-state index contributed by atoms with van der Waals surface area (Å²) in [6.45, 7) is 18.1. The molecule has 0 radical (unpaired) electrons. The predicted octanol–water partition coefficient (Wildman–Crippen LogP) is 1.85. The van der Waals surface area contributed by atoms with Crippen LogP contribution in [-0.2, 0) is 37.9 Å². The fraction of sp³-hybridized carbons (Fsp3) is 0.978. The predicted molar refractivity (Wildman–Crippen MR) is 233 cm³/mol. The van der Waals surface area contributed by atoms with Crippen LogP contribution in [0.2, 0.25) is 0 Å². The molecule has 24 atom stereocenters. The number of rotatable bonds is 9. The quantitative estimate of drug-likeness (QED) is 0.0936. The third-order valence-electron chi connectivity index (χ3n) is 18.6. The average Bonchev–Trinajstić information content (AvgIpc) is 3.85. The molecule has 4 aliphatic carbocycles. The van der Waals surface area contributed by atoms with Crippen LogP contribution in [0.4, 0.5) is 0 Å². The number of alkyl halides is 1. The summed E-state index contributed by atoms with van der Waals surface area (Å²) in [5.74, 6) is 0.201. The Labute approximate surface area is 381 Å². The van der Waals surface area contributed by atoms with Gasteiger partial charge >= 0.3 is 0 Å². The first kappa shape index (κ1) is 48.0. The van der Waals surface area contributed by atoms with Gasteiger partial charge < -0.3 is 78.7 Å². The largest absolute Gasteiger partial charge is 0.394 e. The van der Waals surface area contributed by atoms with Gasteiger partial charge in [-0.25, -0.2) is 0 Å². The van der Waals surface area contributed by atoms with Gasteiger partial charge in [-0.2, -0.15) is 0 Å². The van der Waals surface area contributed by atoms with Gasteiger partial charge in [-0.15, -0.1) is 20.7 Å². The number of halogens is 1. The van der Waals surface area contributed by atoms with Gasteiger partial charge in [0.2, 0.25) is 0 Å². The number of fused-ring (bicyclic) bond motifs is 4. The Bertz CT molecular complexity index is 1710. The third kappa shape index (κ3) is 7.19. The number of hydrogen-bond acceptors (Lipinski definition) is 16. The Balaban J connectivity index is 0.970. The van der Waals surface area contributed by atoms with Gasteiger partial charge in [0.15, 0.2) is 24.7 Å². The van der Waals surface area contributed by atoms with E-state index in [1.807, 2.05) is 0 Å². The van der Waals surface area contributed by atoms with E-state index in [2.05, 4.69) is 48.5 Å². The Morgan fingerprint density at radius 1 is 0.714 bits per heavy atom. The molecule has 16 nitrogen and oxygen atoms in total. The van der Waals surface area contributed by atoms with Crippen molar-refractivity contribution in [3.8, 4) is 0 Å². The van der Waals surface area contributed by atoms with Gasteiger partial charge in [0.25, 0.3) is 0 Å². The monoisotopic (exact) mass is 1010 g/mol. The van der Waals surface area contributed by atoms with Crippen molar-refractivity contribution in [1.82, 2.24) is 0 Å². The molecule has 8 N–H and O–H groups in total. The molecule has 362 valence electrons. The summed E-state index contributed by atoms with van der Waals surface area (Å²) in [5, 5.41) is 87.6. The first-order valence-electron chi connectivity index (χ1n) is 23.6. The van der Waals surface area contributed by atoms with Gasteiger partial charge in [-0.1, -0.05) is 34.6 Å². The van der Waals surface area contributed by atoms with E-state index in [9.17, 15) is 40.9 Å². The van der Waals surface area contributed by atoms with Gasteiger partial charge in [-0.3, -0.25) is 0 Å². The zero-order valence-electron chi connectivity index (χ0n) is 38.2. The van der Waals surface area contributed by atoms with Gasteiger partial charge in [0.05, 0.1) is 48.2 Å². The molecule has 17 heteroatoms. The molecule has 2 bridgehead atoms. The molecule has 2 spiro atoms. The fourth-order valence-electron chi connectivity index (χ4n) is 15.5. The van der Waals surface area contributed by atoms with Crippen LogP contribution in [0, 0.1) is 45.3 Å². The molecule has 63 heavy (non-hydrogen) atoms. The molecule has 5 aliphatic heterocycles. The molecule has 0 amide bonds. The standard InChI is InChI=1S/C46H75IO16/c1-9-24-30(50)32(52)34(54)39(59-24)62-35-23(49)17-56-40(36(35)63-38-33(53)31(51)25(16-48)60-38)61-29-13-14-42(6)26(41(29,4)5)12-15-43(7)27(42)11-10-22-37-44(8,55)28(47-21(2)3)18-57-46(37)19-45(22,43)20-58-46/h22-40,48-55H,9-20H2,1-8H3/t22?,23?,24?,25-,26?,27?,28?,29?,30?,31?,32?,33?,34?,35?,36?,37?,38?,39?,40?,42?,43?,44-,45-,46?/m0/s1. The second-order valence-electron chi connectivity index (χ2n) is 22.2. The van der Waals surface area contributed by atoms with Crippen molar-refractivity contribution in [3.63, 3.8) is 0 Å². The summed E-state index contributed by atoms with van der Waals surface area (Å²) in [4.78, 5) is 0. The van der Waals surface area contributed by atoms with Crippen molar-refractivity contribution in [2.45, 2.75) is 208 Å². The van der Waals surface area contributed by atoms with E-state index in [1.165, 1.54) is 3.51 Å². The van der Waals surface area contributed by atoms with Crippen LogP contribution < -0.4 is 0 Å². The van der Waals surface area contributed by atoms with Gasteiger partial charge in [-0.05, 0) is 103 Å². The molecule has 9 aliphatic rings. The zero-order valence-corrected chi connectivity index (χ0v) is 40.3. The van der Waals surface area contributed by atoms with Gasteiger partial charge in [0, 0.05) is 17.8 Å². The van der Waals surface area contributed by atoms with Crippen molar-refractivity contribution < 1.29 is 78.7 Å². The van der Waals surface area contributed by atoms with Crippen molar-refractivity contribution in [3.05, 3.63) is 0 Å². The zero-order chi connectivity index (χ0) is 45.4. The molecular formula is C46H75IO16. The summed E-state index contributed by atoms with van der Waals surface area (Å²) in [6, 6.07) is 0. The Morgan fingerprint density at radius 3 is 2.05 bits per heavy atom. The van der Waals surface area contributed by atoms with E-state index in [1.54, 1.807) is 6.92 Å². The third-order valence-corrected chi connectivity index (χ3v) is 22.2. The number of hydrogen-bond donors (Lipinski definition) is 8. The maximum Gasteiger partial charge on any atom is 0.187 e. The minimum Gasteiger partial charge on any atom is -0.394 e. The van der Waals surface area contributed by atoms with E-state index >= 15 is 0 Å². The van der Waals surface area contributed by atoms with Gasteiger partial charge in [0.1, 0.15) is 54.9 Å². The number of aliphatic hydroxyl groups is 8. The van der Waals surface area contributed by atoms with Crippen molar-refractivity contribution in [2.24, 2.45) is 45.3 Å². The molecule has 5 saturated heterocycles. The molecule has 9 rings (SSSR count). The molecule has 0 aromatic rings. The van der Waals surface area contributed by atoms with Crippen LogP contribution in [0.25, 0.3) is 0 Å². The first-order valence-corrected chi connectivity index (χ1v) is 25.9. The lowest BCUT2D eigenvalue weighted by molar-refractivity contribution is -0.374. The summed E-state index contributed by atoms with van der Waals surface area (Å²) >= 11 is -0.345. The Morgan fingerprint density at radius 2 is 1.38 bits per heavy atom. The smallest absolute Gasteiger partial charge is 0.187 e. The van der Waals surface area contributed by atoms with Crippen LogP contribution in [0.1, 0.15) is 107 Å². The molecule has 5 heterocycles. The maximum absolute atomic E-state index is 12.5. The van der Waals surface area contributed by atoms with Crippen LogP contribution in [0.5, 0.6) is 0 Å². The average molecular weight is 1010 g/mol. The Kier molecular flexibility index (Phi) is 12.8. The molecule has 4 saturated carbocycles. The lowest BCUT2D eigenvalue weighted by atomic mass is 9.35. The van der Waals surface area contributed by atoms with Crippen molar-refractivity contribution in [1.29, 1.82) is 0 Å². The normalized spacial score (nSPS) is 57.2. The summed E-state index contributed by atoms with van der Waals surface area (Å²) in [7, 11) is 0. The van der Waals surface area contributed by atoms with E-state index in [0.29, 0.717) is 37.9 Å². The highest BCUT2D eigenvalue weighted by molar-refractivity contribution is 14.2. The topological polar surface area (TPSA) is 236 Å². The van der Waals surface area contributed by atoms with Crippen molar-refractivity contribution in [2.75, 3.05) is 26.4 Å². The second-order valence-corrected chi connectivity index (χ2v) is 26.5. The van der Waals surface area contributed by atoms with E-state index in [-0.39, 0.29) is 70.9 Å². The second kappa shape index (κ2) is 16.8. The maximum atomic E-state index is 12.5. The minimum atomic E-state index is -1.68. The molecule has 21 unspecified atom stereocenters. The fourth-order valence-corrected chi connectivity index (χ4v) is 18.3. The Hall–Kier alpha value is -0.0400. The molecule has 9 fully saturated rings. The lowest BCUT2D eigenvalue weighted by Gasteiger charge is -2.70. The SMILES string of the molecule is CCC1OC(OC2C(O)COC(OC3CCC4(C)C(CCC5(C)C4CCC4C6C7(C[C@]45CO7)OCC(I=C(C)C)[C@]6(C)O)C3(C)C)C2OC2O[C@@H](CO)C(O)C2O)C(O)C(O)C1O. The highest BCUT2D eigenvalue weighted by Crippen LogP contribution is 2.80. The number of ether oxygens (including phenoxy) is 8. The highest BCUT2D eigenvalue weighted by atomic mass is 127. The van der Waals surface area contributed by atoms with E-state index in [4.69, 9.17) is 37.9 Å². The summed E-state index contributed by atoms with van der Waals surface area (Å²) in [5.41, 5.74) is -1.39. The lowest BCUT2D eigenvalue weighted by Crippen LogP contribution is -2.68. The van der Waals surface area contributed by atoms with Crippen molar-refractivity contribution >= 4 is 24.2 Å². The summed E-state index contributed by atoms with van der Waals surface area (Å²) < 4.78 is 52.7. The van der Waals surface area contributed by atoms with E-state index < -0.39 is 97.9 Å². The molecule has 0 aromatic heterocycles. The minimum absolute atomic E-state index is 0.0278. The molecule has 0 aromatic carbocycles. The molecular weight excluding hydrogens is 935 g/mol. The van der Waals surface area contributed by atoms with E-state index in [0.717, 1.165) is 38.5 Å². The van der Waals surface area contributed by atoms with Crippen LogP contribution >= 0.6 is 20.7 Å². The summed E-state index contributed by atoms with van der Waals surface area (Å²) in [6.07, 6.45) is -11.3. The number of aliphatic hydroxyl groups excluding tert-OH is 7. The van der Waals surface area contributed by atoms with Crippen LogP contribution in [0.3, 0.4) is 0 Å². The highest BCUT2D eigenvalue weighted by Gasteiger charge is 2.81. The van der Waals surface area contributed by atoms with Crippen LogP contribution in [0.15, 0.2) is 0 Å². The van der Waals surface area contributed by atoms with Crippen LogP contribution in [-0.4, -0.2) is 172 Å². The first-order chi connectivity index (χ1) is 29.6.